The molecule has 0 aliphatic rings. The maximum absolute atomic E-state index is 13.5. The molecule has 0 unspecified atom stereocenters. The molecule has 1 aromatic heterocycles. The van der Waals surface area contributed by atoms with Crippen LogP contribution < -0.4 is 9.47 Å². The lowest BCUT2D eigenvalue weighted by atomic mass is 10.1. The van der Waals surface area contributed by atoms with Gasteiger partial charge in [0.15, 0.2) is 9.84 Å². The van der Waals surface area contributed by atoms with E-state index in [1.807, 2.05) is 0 Å². The predicted octanol–water partition coefficient (Wildman–Crippen LogP) is 3.26. The molecule has 10 heteroatoms. The van der Waals surface area contributed by atoms with Crippen LogP contribution >= 0.6 is 0 Å². The summed E-state index contributed by atoms with van der Waals surface area (Å²) in [5, 5.41) is 0. The van der Waals surface area contributed by atoms with E-state index in [-0.39, 0.29) is 12.5 Å². The number of halogens is 3. The lowest BCUT2D eigenvalue weighted by molar-refractivity contribution is -0.141. The van der Waals surface area contributed by atoms with Crippen molar-refractivity contribution in [2.45, 2.75) is 11.1 Å². The van der Waals surface area contributed by atoms with Crippen molar-refractivity contribution in [3.8, 4) is 17.4 Å². The minimum atomic E-state index is -4.99. The van der Waals surface area contributed by atoms with E-state index in [4.69, 9.17) is 9.47 Å². The van der Waals surface area contributed by atoms with Gasteiger partial charge in [-0.05, 0) is 12.1 Å². The molecule has 0 aliphatic carbocycles. The first kappa shape index (κ1) is 18.7. The van der Waals surface area contributed by atoms with Crippen LogP contribution in [0.2, 0.25) is 0 Å². The standard InChI is InChI=1S/C15H13F3N2O4S/c1-3-8-23-10-4-5-11(24-12-6-7-19-9-20-12)14(25(2,21)22)13(10)15(16,17)18/h3-7,9H,1,8H2,2H3. The molecule has 2 rings (SSSR count). The Morgan fingerprint density at radius 1 is 1.24 bits per heavy atom. The molecule has 1 heterocycles. The van der Waals surface area contributed by atoms with Crippen molar-refractivity contribution in [1.29, 1.82) is 0 Å². The van der Waals surface area contributed by atoms with Crippen LogP contribution in [0.5, 0.6) is 17.4 Å². The average Bonchev–Trinajstić information content (AvgIpc) is 2.52. The number of sulfone groups is 1. The number of benzene rings is 1. The van der Waals surface area contributed by atoms with Gasteiger partial charge < -0.3 is 9.47 Å². The Labute approximate surface area is 141 Å². The van der Waals surface area contributed by atoms with Gasteiger partial charge in [-0.25, -0.2) is 18.4 Å². The van der Waals surface area contributed by atoms with Crippen LogP contribution in [-0.4, -0.2) is 31.2 Å². The molecule has 0 aliphatic heterocycles. The number of ether oxygens (including phenoxy) is 2. The van der Waals surface area contributed by atoms with E-state index in [2.05, 4.69) is 16.5 Å². The van der Waals surface area contributed by atoms with Crippen molar-refractivity contribution < 1.29 is 31.1 Å². The lowest BCUT2D eigenvalue weighted by Crippen LogP contribution is -2.16. The molecule has 25 heavy (non-hydrogen) atoms. The highest BCUT2D eigenvalue weighted by Gasteiger charge is 2.42. The summed E-state index contributed by atoms with van der Waals surface area (Å²) in [5.74, 6) is -1.25. The van der Waals surface area contributed by atoms with Gasteiger partial charge in [0.2, 0.25) is 5.88 Å². The second kappa shape index (κ2) is 7.09. The molecule has 134 valence electrons. The summed E-state index contributed by atoms with van der Waals surface area (Å²) in [6, 6.07) is 3.34. The minimum absolute atomic E-state index is 0.104. The third kappa shape index (κ3) is 4.47. The van der Waals surface area contributed by atoms with Crippen LogP contribution in [-0.2, 0) is 16.0 Å². The van der Waals surface area contributed by atoms with E-state index in [1.165, 1.54) is 18.3 Å². The first-order valence-corrected chi connectivity index (χ1v) is 8.65. The Morgan fingerprint density at radius 3 is 2.44 bits per heavy atom. The van der Waals surface area contributed by atoms with Crippen LogP contribution in [0.15, 0.2) is 48.3 Å². The van der Waals surface area contributed by atoms with Crippen LogP contribution in [0.25, 0.3) is 0 Å². The number of aromatic nitrogens is 2. The fourth-order valence-corrected chi connectivity index (χ4v) is 3.05. The molecule has 0 fully saturated rings. The molecular formula is C15H13F3N2O4S. The third-order valence-corrected chi connectivity index (χ3v) is 4.01. The number of hydrogen-bond acceptors (Lipinski definition) is 6. The summed E-state index contributed by atoms with van der Waals surface area (Å²) in [7, 11) is -4.31. The van der Waals surface area contributed by atoms with Gasteiger partial charge in [0.1, 0.15) is 34.9 Å². The Morgan fingerprint density at radius 2 is 1.92 bits per heavy atom. The summed E-state index contributed by atoms with van der Waals surface area (Å²) >= 11 is 0. The first-order valence-electron chi connectivity index (χ1n) is 6.76. The van der Waals surface area contributed by atoms with Crippen molar-refractivity contribution in [3.63, 3.8) is 0 Å². The van der Waals surface area contributed by atoms with Crippen molar-refractivity contribution in [3.05, 3.63) is 48.9 Å². The highest BCUT2D eigenvalue weighted by Crippen LogP contribution is 2.45. The SMILES string of the molecule is C=CCOc1ccc(Oc2ccncn2)c(S(C)(=O)=O)c1C(F)(F)F. The Kier molecular flexibility index (Phi) is 5.31. The van der Waals surface area contributed by atoms with Crippen molar-refractivity contribution in [2.24, 2.45) is 0 Å². The number of nitrogens with zero attached hydrogens (tertiary/aromatic N) is 2. The summed E-state index contributed by atoms with van der Waals surface area (Å²) in [6.07, 6.45) is -0.677. The number of rotatable bonds is 6. The van der Waals surface area contributed by atoms with Crippen molar-refractivity contribution >= 4 is 9.84 Å². The number of alkyl halides is 3. The van der Waals surface area contributed by atoms with Gasteiger partial charge in [-0.2, -0.15) is 13.2 Å². The topological polar surface area (TPSA) is 78.4 Å². The third-order valence-electron chi connectivity index (χ3n) is 2.86. The van der Waals surface area contributed by atoms with E-state index in [9.17, 15) is 21.6 Å². The Balaban J connectivity index is 2.70. The fraction of sp³-hybridized carbons (Fsp3) is 0.200. The van der Waals surface area contributed by atoms with E-state index in [1.54, 1.807) is 0 Å². The van der Waals surface area contributed by atoms with E-state index < -0.39 is 38.0 Å². The van der Waals surface area contributed by atoms with Gasteiger partial charge in [-0.15, -0.1) is 0 Å². The average molecular weight is 374 g/mol. The molecule has 0 atom stereocenters. The lowest BCUT2D eigenvalue weighted by Gasteiger charge is -2.19. The second-order valence-electron chi connectivity index (χ2n) is 4.79. The van der Waals surface area contributed by atoms with Gasteiger partial charge in [-0.1, -0.05) is 12.7 Å². The van der Waals surface area contributed by atoms with Gasteiger partial charge in [0.25, 0.3) is 0 Å². The minimum Gasteiger partial charge on any atom is -0.489 e. The summed E-state index contributed by atoms with van der Waals surface area (Å²) < 4.78 is 74.9. The van der Waals surface area contributed by atoms with Gasteiger partial charge in [0.05, 0.1) is 0 Å². The van der Waals surface area contributed by atoms with Gasteiger partial charge in [-0.3, -0.25) is 0 Å². The van der Waals surface area contributed by atoms with Crippen LogP contribution in [0.1, 0.15) is 5.56 Å². The van der Waals surface area contributed by atoms with E-state index in [0.717, 1.165) is 18.5 Å². The highest BCUT2D eigenvalue weighted by molar-refractivity contribution is 7.90. The van der Waals surface area contributed by atoms with Crippen LogP contribution in [0.4, 0.5) is 13.2 Å². The maximum atomic E-state index is 13.5. The summed E-state index contributed by atoms with van der Waals surface area (Å²) in [4.78, 5) is 6.32. The molecule has 0 saturated carbocycles. The molecule has 0 radical (unpaired) electrons. The summed E-state index contributed by atoms with van der Waals surface area (Å²) in [6.45, 7) is 3.12. The Hall–Kier alpha value is -2.62. The van der Waals surface area contributed by atoms with E-state index in [0.29, 0.717) is 6.26 Å². The molecule has 6 nitrogen and oxygen atoms in total. The zero-order valence-electron chi connectivity index (χ0n) is 12.9. The van der Waals surface area contributed by atoms with Crippen LogP contribution in [0, 0.1) is 0 Å². The van der Waals surface area contributed by atoms with Gasteiger partial charge in [0, 0.05) is 18.5 Å². The van der Waals surface area contributed by atoms with E-state index >= 15 is 0 Å². The molecule has 0 bridgehead atoms. The number of hydrogen-bond donors (Lipinski definition) is 0. The smallest absolute Gasteiger partial charge is 0.421 e. The van der Waals surface area contributed by atoms with Crippen molar-refractivity contribution in [1.82, 2.24) is 9.97 Å². The molecule has 0 spiro atoms. The zero-order chi connectivity index (χ0) is 18.7. The molecule has 2 aromatic rings. The summed E-state index contributed by atoms with van der Waals surface area (Å²) in [5.41, 5.74) is -1.44. The zero-order valence-corrected chi connectivity index (χ0v) is 13.8. The van der Waals surface area contributed by atoms with Crippen LogP contribution in [0.3, 0.4) is 0 Å². The highest BCUT2D eigenvalue weighted by atomic mass is 32.2. The molecule has 0 saturated heterocycles. The Bertz CT molecular complexity index is 868. The molecular weight excluding hydrogens is 361 g/mol. The molecule has 0 amide bonds. The molecule has 0 N–H and O–H groups in total. The monoisotopic (exact) mass is 374 g/mol. The largest absolute Gasteiger partial charge is 0.489 e. The quantitative estimate of drug-likeness (QED) is 0.723. The maximum Gasteiger partial charge on any atom is 0.421 e. The first-order chi connectivity index (χ1) is 11.6. The predicted molar refractivity (Wildman–Crippen MR) is 82.4 cm³/mol. The van der Waals surface area contributed by atoms with Gasteiger partial charge >= 0.3 is 6.18 Å². The second-order valence-corrected chi connectivity index (χ2v) is 6.74. The fourth-order valence-electron chi connectivity index (χ4n) is 1.98. The normalized spacial score (nSPS) is 11.8. The molecule has 1 aromatic carbocycles. The van der Waals surface area contributed by atoms with Crippen molar-refractivity contribution in [2.75, 3.05) is 12.9 Å².